The van der Waals surface area contributed by atoms with Crippen molar-refractivity contribution in [3.63, 3.8) is 0 Å². The van der Waals surface area contributed by atoms with E-state index in [1.165, 1.54) is 5.69 Å². The van der Waals surface area contributed by atoms with Crippen molar-refractivity contribution in [1.29, 1.82) is 0 Å². The summed E-state index contributed by atoms with van der Waals surface area (Å²) < 4.78 is 0. The third-order valence-electron chi connectivity index (χ3n) is 3.88. The molecule has 3 nitrogen and oxygen atoms in total. The Morgan fingerprint density at radius 2 is 2.29 bits per heavy atom. The van der Waals surface area contributed by atoms with E-state index in [0.717, 1.165) is 25.2 Å². The van der Waals surface area contributed by atoms with E-state index >= 15 is 0 Å². The summed E-state index contributed by atoms with van der Waals surface area (Å²) in [6.45, 7) is 10.9. The Balaban J connectivity index is 2.20. The van der Waals surface area contributed by atoms with Gasteiger partial charge in [-0.05, 0) is 39.3 Å². The lowest BCUT2D eigenvalue weighted by Gasteiger charge is -2.46. The molecule has 94 valence electrons. The van der Waals surface area contributed by atoms with Gasteiger partial charge in [-0.3, -0.25) is 4.98 Å². The van der Waals surface area contributed by atoms with Crippen LogP contribution in [0.1, 0.15) is 32.9 Å². The van der Waals surface area contributed by atoms with Gasteiger partial charge >= 0.3 is 0 Å². The van der Waals surface area contributed by atoms with Crippen LogP contribution in [0, 0.1) is 6.92 Å². The van der Waals surface area contributed by atoms with E-state index in [0.29, 0.717) is 6.04 Å². The van der Waals surface area contributed by atoms with Crippen LogP contribution in [0.15, 0.2) is 18.3 Å². The number of nitrogens with one attached hydrogen (secondary N) is 1. The highest BCUT2D eigenvalue weighted by Crippen LogP contribution is 2.24. The molecule has 3 heteroatoms. The molecular formula is C14H23N3. The van der Waals surface area contributed by atoms with Gasteiger partial charge in [0.2, 0.25) is 0 Å². The van der Waals surface area contributed by atoms with Crippen LogP contribution in [-0.4, -0.2) is 29.7 Å². The van der Waals surface area contributed by atoms with Gasteiger partial charge < -0.3 is 10.2 Å². The van der Waals surface area contributed by atoms with Gasteiger partial charge in [-0.1, -0.05) is 6.92 Å². The summed E-state index contributed by atoms with van der Waals surface area (Å²) in [6, 6.07) is 4.80. The van der Waals surface area contributed by atoms with Gasteiger partial charge in [0.25, 0.3) is 0 Å². The van der Waals surface area contributed by atoms with Crippen molar-refractivity contribution in [3.05, 3.63) is 24.0 Å². The second-order valence-corrected chi connectivity index (χ2v) is 5.43. The lowest BCUT2D eigenvalue weighted by Crippen LogP contribution is -2.62. The maximum absolute atomic E-state index is 4.40. The zero-order valence-corrected chi connectivity index (χ0v) is 11.3. The van der Waals surface area contributed by atoms with Crippen molar-refractivity contribution >= 4 is 5.69 Å². The monoisotopic (exact) mass is 233 g/mol. The van der Waals surface area contributed by atoms with Crippen LogP contribution < -0.4 is 10.2 Å². The fraction of sp³-hybridized carbons (Fsp3) is 0.643. The van der Waals surface area contributed by atoms with E-state index in [4.69, 9.17) is 0 Å². The second-order valence-electron chi connectivity index (χ2n) is 5.43. The molecule has 2 heterocycles. The Hall–Kier alpha value is -1.09. The minimum atomic E-state index is 0.220. The maximum Gasteiger partial charge on any atom is 0.0556 e. The highest BCUT2D eigenvalue weighted by atomic mass is 15.3. The minimum absolute atomic E-state index is 0.220. The van der Waals surface area contributed by atoms with Crippen LogP contribution in [0.5, 0.6) is 0 Å². The Morgan fingerprint density at radius 3 is 2.88 bits per heavy atom. The molecule has 2 rings (SSSR count). The molecule has 1 aliphatic heterocycles. The normalized spacial score (nSPS) is 29.4. The Labute approximate surface area is 104 Å². The Morgan fingerprint density at radius 1 is 1.53 bits per heavy atom. The van der Waals surface area contributed by atoms with Crippen LogP contribution in [0.2, 0.25) is 0 Å². The predicted molar refractivity (Wildman–Crippen MR) is 72.5 cm³/mol. The number of piperazine rings is 1. The Bertz CT molecular complexity index is 374. The SMILES string of the molecule is CCC1(C)CN(c2ccc(C)nc2)C(C)CN1. The molecule has 17 heavy (non-hydrogen) atoms. The van der Waals surface area contributed by atoms with Crippen LogP contribution >= 0.6 is 0 Å². The first kappa shape index (κ1) is 12.4. The molecule has 0 amide bonds. The summed E-state index contributed by atoms with van der Waals surface area (Å²) in [5, 5.41) is 3.64. The molecule has 0 spiro atoms. The molecule has 1 N–H and O–H groups in total. The first-order valence-corrected chi connectivity index (χ1v) is 6.48. The molecular weight excluding hydrogens is 210 g/mol. The Kier molecular flexibility index (Phi) is 3.38. The number of hydrogen-bond acceptors (Lipinski definition) is 3. The van der Waals surface area contributed by atoms with Gasteiger partial charge in [0, 0.05) is 30.4 Å². The zero-order chi connectivity index (χ0) is 12.5. The smallest absolute Gasteiger partial charge is 0.0556 e. The van der Waals surface area contributed by atoms with Crippen molar-refractivity contribution in [2.45, 2.75) is 45.7 Å². The minimum Gasteiger partial charge on any atom is -0.364 e. The van der Waals surface area contributed by atoms with Gasteiger partial charge in [0.05, 0.1) is 11.9 Å². The van der Waals surface area contributed by atoms with Crippen LogP contribution in [0.25, 0.3) is 0 Å². The number of anilines is 1. The van der Waals surface area contributed by atoms with Crippen LogP contribution in [0.4, 0.5) is 5.69 Å². The molecule has 0 aromatic carbocycles. The summed E-state index contributed by atoms with van der Waals surface area (Å²) in [7, 11) is 0. The highest BCUT2D eigenvalue weighted by Gasteiger charge is 2.32. The quantitative estimate of drug-likeness (QED) is 0.850. The number of aryl methyl sites for hydroxylation is 1. The molecule has 2 unspecified atom stereocenters. The summed E-state index contributed by atoms with van der Waals surface area (Å²) in [4.78, 5) is 6.86. The molecule has 0 aliphatic carbocycles. The van der Waals surface area contributed by atoms with E-state index in [1.54, 1.807) is 0 Å². The molecule has 1 aromatic rings. The third-order valence-corrected chi connectivity index (χ3v) is 3.88. The third kappa shape index (κ3) is 2.60. The molecule has 1 saturated heterocycles. The molecule has 1 fully saturated rings. The predicted octanol–water partition coefficient (Wildman–Crippen LogP) is 2.36. The fourth-order valence-electron chi connectivity index (χ4n) is 2.30. The first-order chi connectivity index (χ1) is 8.04. The van der Waals surface area contributed by atoms with Gasteiger partial charge in [-0.25, -0.2) is 0 Å². The van der Waals surface area contributed by atoms with Gasteiger partial charge in [0.15, 0.2) is 0 Å². The zero-order valence-electron chi connectivity index (χ0n) is 11.3. The number of rotatable bonds is 2. The fourth-order valence-corrected chi connectivity index (χ4v) is 2.30. The molecule has 0 saturated carbocycles. The lowest BCUT2D eigenvalue weighted by molar-refractivity contribution is 0.285. The van der Waals surface area contributed by atoms with E-state index in [2.05, 4.69) is 48.1 Å². The number of aromatic nitrogens is 1. The number of pyridine rings is 1. The summed E-state index contributed by atoms with van der Waals surface area (Å²) in [5.74, 6) is 0. The average molecular weight is 233 g/mol. The summed E-state index contributed by atoms with van der Waals surface area (Å²) in [5.41, 5.74) is 2.54. The second kappa shape index (κ2) is 4.65. The van der Waals surface area contributed by atoms with Crippen molar-refractivity contribution in [2.24, 2.45) is 0 Å². The molecule has 2 atom stereocenters. The van der Waals surface area contributed by atoms with E-state index in [-0.39, 0.29) is 5.54 Å². The molecule has 1 aliphatic rings. The summed E-state index contributed by atoms with van der Waals surface area (Å²) in [6.07, 6.45) is 3.14. The largest absolute Gasteiger partial charge is 0.364 e. The lowest BCUT2D eigenvalue weighted by atomic mass is 9.93. The van der Waals surface area contributed by atoms with Crippen LogP contribution in [0.3, 0.4) is 0 Å². The standard InChI is InChI=1S/C14H23N3/c1-5-14(4)10-17(12(3)8-16-14)13-7-6-11(2)15-9-13/h6-7,9,12,16H,5,8,10H2,1-4H3. The van der Waals surface area contributed by atoms with E-state index in [9.17, 15) is 0 Å². The summed E-state index contributed by atoms with van der Waals surface area (Å²) >= 11 is 0. The average Bonchev–Trinajstić information content (AvgIpc) is 2.34. The number of nitrogens with zero attached hydrogens (tertiary/aromatic N) is 2. The van der Waals surface area contributed by atoms with Gasteiger partial charge in [-0.15, -0.1) is 0 Å². The molecule has 0 bridgehead atoms. The van der Waals surface area contributed by atoms with Crippen molar-refractivity contribution in [3.8, 4) is 0 Å². The van der Waals surface area contributed by atoms with Gasteiger partial charge in [-0.2, -0.15) is 0 Å². The maximum atomic E-state index is 4.40. The van der Waals surface area contributed by atoms with Crippen molar-refractivity contribution in [2.75, 3.05) is 18.0 Å². The number of hydrogen-bond donors (Lipinski definition) is 1. The first-order valence-electron chi connectivity index (χ1n) is 6.48. The highest BCUT2D eigenvalue weighted by molar-refractivity contribution is 5.47. The van der Waals surface area contributed by atoms with E-state index < -0.39 is 0 Å². The van der Waals surface area contributed by atoms with Crippen molar-refractivity contribution in [1.82, 2.24) is 10.3 Å². The van der Waals surface area contributed by atoms with Crippen LogP contribution in [-0.2, 0) is 0 Å². The molecule has 1 aromatic heterocycles. The topological polar surface area (TPSA) is 28.2 Å². The molecule has 0 radical (unpaired) electrons. The van der Waals surface area contributed by atoms with Gasteiger partial charge in [0.1, 0.15) is 0 Å². The van der Waals surface area contributed by atoms with Crippen molar-refractivity contribution < 1.29 is 0 Å². The van der Waals surface area contributed by atoms with E-state index in [1.807, 2.05) is 13.1 Å².